The van der Waals surface area contributed by atoms with E-state index in [0.717, 1.165) is 6.07 Å². The van der Waals surface area contributed by atoms with Crippen LogP contribution in [0.3, 0.4) is 0 Å². The van der Waals surface area contributed by atoms with Crippen LogP contribution in [-0.4, -0.2) is 25.9 Å². The van der Waals surface area contributed by atoms with Crippen molar-refractivity contribution in [2.24, 2.45) is 5.73 Å². The van der Waals surface area contributed by atoms with Gasteiger partial charge in [0.15, 0.2) is 0 Å². The molecule has 108 valence electrons. The summed E-state index contributed by atoms with van der Waals surface area (Å²) in [4.78, 5) is 10.0. The number of hydrogen-bond donors (Lipinski definition) is 2. The molecule has 9 heteroatoms. The number of halogens is 1. The summed E-state index contributed by atoms with van der Waals surface area (Å²) in [5, 5.41) is 10.7. The molecular formula is C10H16ClN3O4S. The highest BCUT2D eigenvalue weighted by Gasteiger charge is 2.20. The fraction of sp³-hybridized carbons (Fsp3) is 0.400. The van der Waals surface area contributed by atoms with E-state index in [0.29, 0.717) is 5.56 Å². The van der Waals surface area contributed by atoms with Gasteiger partial charge in [-0.15, -0.1) is 12.4 Å². The van der Waals surface area contributed by atoms with Crippen molar-refractivity contribution in [3.05, 3.63) is 33.9 Å². The Balaban J connectivity index is 0.00000324. The average molecular weight is 310 g/mol. The number of rotatable bonds is 5. The lowest BCUT2D eigenvalue weighted by atomic mass is 10.2. The van der Waals surface area contributed by atoms with Crippen molar-refractivity contribution in [3.63, 3.8) is 0 Å². The number of nitrogens with two attached hydrogens (primary N) is 1. The first-order valence-electron chi connectivity index (χ1n) is 5.25. The van der Waals surface area contributed by atoms with Crippen molar-refractivity contribution in [2.75, 3.05) is 6.54 Å². The fourth-order valence-corrected chi connectivity index (χ4v) is 2.61. The lowest BCUT2D eigenvalue weighted by Crippen LogP contribution is -2.37. The number of nitrogens with zero attached hydrogens (tertiary/aromatic N) is 1. The molecule has 1 rings (SSSR count). The van der Waals surface area contributed by atoms with Crippen molar-refractivity contribution < 1.29 is 13.3 Å². The second-order valence-electron chi connectivity index (χ2n) is 3.96. The Morgan fingerprint density at radius 3 is 2.53 bits per heavy atom. The monoisotopic (exact) mass is 309 g/mol. The minimum Gasteiger partial charge on any atom is -0.329 e. The topological polar surface area (TPSA) is 115 Å². The van der Waals surface area contributed by atoms with E-state index in [1.54, 1.807) is 13.8 Å². The molecule has 0 saturated heterocycles. The summed E-state index contributed by atoms with van der Waals surface area (Å²) < 4.78 is 26.1. The summed E-state index contributed by atoms with van der Waals surface area (Å²) in [6.45, 7) is 3.30. The molecule has 0 bridgehead atoms. The molecule has 1 atom stereocenters. The van der Waals surface area contributed by atoms with Crippen LogP contribution in [0.5, 0.6) is 0 Å². The van der Waals surface area contributed by atoms with Gasteiger partial charge in [0.05, 0.1) is 9.82 Å². The quantitative estimate of drug-likeness (QED) is 0.620. The molecule has 1 aromatic rings. The SMILES string of the molecule is Cc1ccc(S(=O)(=O)N[C@H](C)CN)cc1[N+](=O)[O-].Cl. The van der Waals surface area contributed by atoms with Crippen molar-refractivity contribution in [2.45, 2.75) is 24.8 Å². The fourth-order valence-electron chi connectivity index (χ4n) is 1.33. The predicted octanol–water partition coefficient (Wildman–Crippen LogP) is 0.951. The van der Waals surface area contributed by atoms with Gasteiger partial charge in [0.2, 0.25) is 10.0 Å². The summed E-state index contributed by atoms with van der Waals surface area (Å²) >= 11 is 0. The van der Waals surface area contributed by atoms with E-state index in [9.17, 15) is 18.5 Å². The Morgan fingerprint density at radius 1 is 1.47 bits per heavy atom. The second kappa shape index (κ2) is 6.80. The summed E-state index contributed by atoms with van der Waals surface area (Å²) in [6.07, 6.45) is 0. The molecule has 1 aromatic carbocycles. The lowest BCUT2D eigenvalue weighted by molar-refractivity contribution is -0.385. The zero-order chi connectivity index (χ0) is 13.9. The Kier molecular flexibility index (Phi) is 6.37. The minimum absolute atomic E-state index is 0. The third kappa shape index (κ3) is 4.43. The maximum atomic E-state index is 11.9. The molecule has 0 aromatic heterocycles. The maximum absolute atomic E-state index is 11.9. The number of sulfonamides is 1. The summed E-state index contributed by atoms with van der Waals surface area (Å²) in [7, 11) is -3.78. The van der Waals surface area contributed by atoms with Crippen LogP contribution in [-0.2, 0) is 10.0 Å². The van der Waals surface area contributed by atoms with E-state index >= 15 is 0 Å². The molecule has 0 fully saturated rings. The summed E-state index contributed by atoms with van der Waals surface area (Å²) in [6, 6.07) is 3.34. The minimum atomic E-state index is -3.78. The van der Waals surface area contributed by atoms with Gasteiger partial charge < -0.3 is 5.73 Å². The largest absolute Gasteiger partial charge is 0.329 e. The van der Waals surface area contributed by atoms with Gasteiger partial charge in [-0.05, 0) is 19.9 Å². The molecular weight excluding hydrogens is 294 g/mol. The number of benzene rings is 1. The van der Waals surface area contributed by atoms with Crippen LogP contribution in [0.1, 0.15) is 12.5 Å². The molecule has 0 aliphatic rings. The van der Waals surface area contributed by atoms with Crippen molar-refractivity contribution in [3.8, 4) is 0 Å². The highest BCUT2D eigenvalue weighted by molar-refractivity contribution is 7.89. The van der Waals surface area contributed by atoms with Crippen LogP contribution in [0.15, 0.2) is 23.1 Å². The van der Waals surface area contributed by atoms with Crippen molar-refractivity contribution >= 4 is 28.1 Å². The Hall–Kier alpha value is -1.22. The molecule has 0 amide bonds. The van der Waals surface area contributed by atoms with Crippen LogP contribution in [0.25, 0.3) is 0 Å². The first-order valence-corrected chi connectivity index (χ1v) is 6.73. The van der Waals surface area contributed by atoms with E-state index in [-0.39, 0.29) is 29.5 Å². The van der Waals surface area contributed by atoms with Gasteiger partial charge in [0.1, 0.15) is 0 Å². The average Bonchev–Trinajstić information content (AvgIpc) is 2.28. The molecule has 0 spiro atoms. The first-order chi connectivity index (χ1) is 8.27. The highest BCUT2D eigenvalue weighted by atomic mass is 35.5. The normalized spacial score (nSPS) is 12.6. The van der Waals surface area contributed by atoms with Gasteiger partial charge in [-0.2, -0.15) is 0 Å². The third-order valence-electron chi connectivity index (χ3n) is 2.40. The van der Waals surface area contributed by atoms with Crippen molar-refractivity contribution in [1.29, 1.82) is 0 Å². The smallest absolute Gasteiger partial charge is 0.273 e. The molecule has 0 aliphatic carbocycles. The molecule has 0 radical (unpaired) electrons. The molecule has 0 saturated carbocycles. The molecule has 0 unspecified atom stereocenters. The third-order valence-corrected chi connectivity index (χ3v) is 3.98. The Labute approximate surface area is 117 Å². The zero-order valence-corrected chi connectivity index (χ0v) is 12.1. The lowest BCUT2D eigenvalue weighted by Gasteiger charge is -2.12. The van der Waals surface area contributed by atoms with Crippen LogP contribution >= 0.6 is 12.4 Å². The Morgan fingerprint density at radius 2 is 2.05 bits per heavy atom. The number of aryl methyl sites for hydroxylation is 1. The van der Waals surface area contributed by atoms with Crippen LogP contribution in [0.4, 0.5) is 5.69 Å². The Bertz CT molecular complexity index is 562. The standard InChI is InChI=1S/C10H15N3O4S.ClH/c1-7-3-4-9(5-10(7)13(14)15)18(16,17)12-8(2)6-11;/h3-5,8,12H,6,11H2,1-2H3;1H/t8-;/m1./s1. The summed E-state index contributed by atoms with van der Waals surface area (Å²) in [5.41, 5.74) is 5.51. The van der Waals surface area contributed by atoms with E-state index in [1.807, 2.05) is 0 Å². The van der Waals surface area contributed by atoms with E-state index in [4.69, 9.17) is 5.73 Å². The molecule has 7 nitrogen and oxygen atoms in total. The van der Waals surface area contributed by atoms with E-state index in [1.165, 1.54) is 12.1 Å². The van der Waals surface area contributed by atoms with Gasteiger partial charge >= 0.3 is 0 Å². The number of nitro groups is 1. The van der Waals surface area contributed by atoms with Gasteiger partial charge in [0, 0.05) is 24.2 Å². The molecule has 0 aliphatic heterocycles. The van der Waals surface area contributed by atoms with Crippen LogP contribution < -0.4 is 10.5 Å². The van der Waals surface area contributed by atoms with Gasteiger partial charge in [-0.1, -0.05) is 6.07 Å². The zero-order valence-electron chi connectivity index (χ0n) is 10.5. The van der Waals surface area contributed by atoms with Crippen molar-refractivity contribution in [1.82, 2.24) is 4.72 Å². The highest BCUT2D eigenvalue weighted by Crippen LogP contribution is 2.22. The maximum Gasteiger partial charge on any atom is 0.273 e. The van der Waals surface area contributed by atoms with Crippen LogP contribution in [0, 0.1) is 17.0 Å². The van der Waals surface area contributed by atoms with E-state index < -0.39 is 21.0 Å². The van der Waals surface area contributed by atoms with Gasteiger partial charge in [-0.3, -0.25) is 10.1 Å². The number of hydrogen-bond acceptors (Lipinski definition) is 5. The number of nitrogens with one attached hydrogen (secondary N) is 1. The predicted molar refractivity (Wildman–Crippen MR) is 73.9 cm³/mol. The van der Waals surface area contributed by atoms with E-state index in [2.05, 4.69) is 4.72 Å². The first kappa shape index (κ1) is 17.8. The molecule has 3 N–H and O–H groups in total. The van der Waals surface area contributed by atoms with Gasteiger partial charge in [-0.25, -0.2) is 13.1 Å². The summed E-state index contributed by atoms with van der Waals surface area (Å²) in [5.74, 6) is 0. The van der Waals surface area contributed by atoms with Crippen LogP contribution in [0.2, 0.25) is 0 Å². The second-order valence-corrected chi connectivity index (χ2v) is 5.68. The number of nitro benzene ring substituents is 1. The molecule has 0 heterocycles. The molecule has 19 heavy (non-hydrogen) atoms. The van der Waals surface area contributed by atoms with Gasteiger partial charge in [0.25, 0.3) is 5.69 Å².